The number of benzene rings is 1. The topological polar surface area (TPSA) is 12.0 Å². The molecule has 2 aromatic rings. The van der Waals surface area contributed by atoms with Crippen LogP contribution in [-0.4, -0.2) is 12.1 Å². The molecule has 1 heterocycles. The molecule has 0 aliphatic rings. The van der Waals surface area contributed by atoms with Crippen molar-refractivity contribution >= 4 is 21.4 Å². The first-order valence-electron chi connectivity index (χ1n) is 6.79. The third-order valence-electron chi connectivity index (χ3n) is 3.55. The van der Waals surface area contributed by atoms with Crippen molar-refractivity contribution in [2.24, 2.45) is 5.92 Å². The van der Waals surface area contributed by atoms with Gasteiger partial charge in [0.05, 0.1) is 0 Å². The van der Waals surface area contributed by atoms with Gasteiger partial charge in [-0.1, -0.05) is 39.0 Å². The van der Waals surface area contributed by atoms with E-state index in [0.29, 0.717) is 18.0 Å². The van der Waals surface area contributed by atoms with Gasteiger partial charge in [-0.05, 0) is 41.7 Å². The minimum atomic E-state index is 0.557. The first-order chi connectivity index (χ1) is 8.58. The molecule has 0 saturated heterocycles. The minimum absolute atomic E-state index is 0.557. The molecule has 2 unspecified atom stereocenters. The molecule has 2 rings (SSSR count). The van der Waals surface area contributed by atoms with Crippen LogP contribution >= 0.6 is 11.3 Å². The average molecular weight is 261 g/mol. The van der Waals surface area contributed by atoms with Crippen molar-refractivity contribution in [1.29, 1.82) is 0 Å². The summed E-state index contributed by atoms with van der Waals surface area (Å²) < 4.78 is 1.41. The van der Waals surface area contributed by atoms with E-state index >= 15 is 0 Å². The Hall–Kier alpha value is -0.860. The maximum Gasteiger partial charge on any atom is 0.0345 e. The maximum atomic E-state index is 3.61. The van der Waals surface area contributed by atoms with Crippen LogP contribution in [0.3, 0.4) is 0 Å². The molecule has 0 aliphatic heterocycles. The van der Waals surface area contributed by atoms with Crippen LogP contribution in [0.2, 0.25) is 0 Å². The lowest BCUT2D eigenvalue weighted by Gasteiger charge is -2.23. The summed E-state index contributed by atoms with van der Waals surface area (Å²) in [4.78, 5) is 0. The van der Waals surface area contributed by atoms with E-state index in [9.17, 15) is 0 Å². The molecular weight excluding hydrogens is 238 g/mol. The Labute approximate surface area is 114 Å². The molecule has 1 N–H and O–H groups in total. The first kappa shape index (κ1) is 13.6. The summed E-state index contributed by atoms with van der Waals surface area (Å²) in [6.45, 7) is 9.05. The zero-order chi connectivity index (χ0) is 13.1. The summed E-state index contributed by atoms with van der Waals surface area (Å²) in [7, 11) is 0. The molecule has 0 aliphatic carbocycles. The van der Waals surface area contributed by atoms with Gasteiger partial charge in [-0.3, -0.25) is 0 Å². The molecular formula is C16H23NS. The average Bonchev–Trinajstić information content (AvgIpc) is 2.72. The smallest absolute Gasteiger partial charge is 0.0345 e. The van der Waals surface area contributed by atoms with E-state index < -0.39 is 0 Å². The highest BCUT2D eigenvalue weighted by Gasteiger charge is 2.15. The lowest BCUT2D eigenvalue weighted by atomic mass is 9.94. The minimum Gasteiger partial charge on any atom is -0.312 e. The van der Waals surface area contributed by atoms with Gasteiger partial charge in [0.15, 0.2) is 0 Å². The normalized spacial score (nSPS) is 15.2. The van der Waals surface area contributed by atoms with Gasteiger partial charge in [0, 0.05) is 16.8 Å². The van der Waals surface area contributed by atoms with E-state index in [1.165, 1.54) is 15.6 Å². The van der Waals surface area contributed by atoms with Crippen LogP contribution in [0.5, 0.6) is 0 Å². The highest BCUT2D eigenvalue weighted by Crippen LogP contribution is 2.28. The lowest BCUT2D eigenvalue weighted by molar-refractivity contribution is 0.373. The second-order valence-corrected chi connectivity index (χ2v) is 6.46. The Morgan fingerprint density at radius 3 is 2.56 bits per heavy atom. The summed E-state index contributed by atoms with van der Waals surface area (Å²) >= 11 is 1.86. The van der Waals surface area contributed by atoms with Crippen LogP contribution in [0.15, 0.2) is 29.6 Å². The number of thiophene rings is 1. The van der Waals surface area contributed by atoms with Gasteiger partial charge in [0.1, 0.15) is 0 Å². The number of nitrogens with one attached hydrogen (secondary N) is 1. The molecule has 0 fully saturated rings. The molecule has 2 heteroatoms. The van der Waals surface area contributed by atoms with Crippen molar-refractivity contribution in [1.82, 2.24) is 5.32 Å². The fourth-order valence-corrected chi connectivity index (χ4v) is 3.38. The van der Waals surface area contributed by atoms with Crippen molar-refractivity contribution in [3.05, 3.63) is 35.2 Å². The van der Waals surface area contributed by atoms with Crippen LogP contribution in [0.25, 0.3) is 10.1 Å². The van der Waals surface area contributed by atoms with Gasteiger partial charge in [-0.25, -0.2) is 0 Å². The quantitative estimate of drug-likeness (QED) is 0.837. The number of fused-ring (bicyclic) bond motifs is 1. The standard InChI is InChI=1S/C16H23NS/c1-11(2)17-13(4)12(3)9-14-10-18-16-8-6-5-7-15(14)16/h5-8,10-13,17H,9H2,1-4H3. The van der Waals surface area contributed by atoms with Crippen molar-refractivity contribution < 1.29 is 0 Å². The summed E-state index contributed by atoms with van der Waals surface area (Å²) in [5, 5.41) is 7.37. The van der Waals surface area contributed by atoms with Crippen LogP contribution in [0.4, 0.5) is 0 Å². The third kappa shape index (κ3) is 3.12. The molecule has 0 amide bonds. The van der Waals surface area contributed by atoms with Crippen molar-refractivity contribution in [3.8, 4) is 0 Å². The Kier molecular flexibility index (Phi) is 4.41. The zero-order valence-electron chi connectivity index (χ0n) is 11.7. The summed E-state index contributed by atoms with van der Waals surface area (Å²) in [5.74, 6) is 0.658. The van der Waals surface area contributed by atoms with Crippen LogP contribution < -0.4 is 5.32 Å². The van der Waals surface area contributed by atoms with E-state index in [0.717, 1.165) is 6.42 Å². The number of rotatable bonds is 5. The van der Waals surface area contributed by atoms with Crippen LogP contribution in [0, 0.1) is 5.92 Å². The van der Waals surface area contributed by atoms with Gasteiger partial charge in [-0.15, -0.1) is 11.3 Å². The molecule has 1 aromatic heterocycles. The number of hydrogen-bond acceptors (Lipinski definition) is 2. The van der Waals surface area contributed by atoms with Crippen molar-refractivity contribution in [2.75, 3.05) is 0 Å². The molecule has 1 aromatic carbocycles. The SMILES string of the molecule is CC(C)NC(C)C(C)Cc1csc2ccccc12. The molecule has 0 saturated carbocycles. The van der Waals surface area contributed by atoms with Crippen LogP contribution in [0.1, 0.15) is 33.3 Å². The first-order valence-corrected chi connectivity index (χ1v) is 7.67. The van der Waals surface area contributed by atoms with Crippen LogP contribution in [-0.2, 0) is 6.42 Å². The van der Waals surface area contributed by atoms with Gasteiger partial charge < -0.3 is 5.32 Å². The van der Waals surface area contributed by atoms with Crippen molar-refractivity contribution in [2.45, 2.75) is 46.2 Å². The van der Waals surface area contributed by atoms with E-state index in [2.05, 4.69) is 62.7 Å². The monoisotopic (exact) mass is 261 g/mol. The van der Waals surface area contributed by atoms with Gasteiger partial charge in [0.25, 0.3) is 0 Å². The summed E-state index contributed by atoms with van der Waals surface area (Å²) in [5.41, 5.74) is 1.50. The highest BCUT2D eigenvalue weighted by atomic mass is 32.1. The molecule has 0 bridgehead atoms. The third-order valence-corrected chi connectivity index (χ3v) is 4.57. The van der Waals surface area contributed by atoms with Crippen molar-refractivity contribution in [3.63, 3.8) is 0 Å². The molecule has 1 nitrogen and oxygen atoms in total. The second-order valence-electron chi connectivity index (χ2n) is 5.55. The Morgan fingerprint density at radius 2 is 1.83 bits per heavy atom. The molecule has 98 valence electrons. The maximum absolute atomic E-state index is 3.61. The van der Waals surface area contributed by atoms with E-state index in [1.807, 2.05) is 11.3 Å². The summed E-state index contributed by atoms with van der Waals surface area (Å²) in [6.07, 6.45) is 1.16. The Balaban J connectivity index is 2.09. The molecule has 18 heavy (non-hydrogen) atoms. The Bertz CT molecular complexity index is 501. The molecule has 2 atom stereocenters. The predicted octanol–water partition coefficient (Wildman–Crippen LogP) is 4.47. The van der Waals surface area contributed by atoms with E-state index in [1.54, 1.807) is 0 Å². The largest absolute Gasteiger partial charge is 0.312 e. The van der Waals surface area contributed by atoms with Gasteiger partial charge in [-0.2, -0.15) is 0 Å². The van der Waals surface area contributed by atoms with Gasteiger partial charge in [0.2, 0.25) is 0 Å². The fraction of sp³-hybridized carbons (Fsp3) is 0.500. The number of hydrogen-bond donors (Lipinski definition) is 1. The van der Waals surface area contributed by atoms with E-state index in [-0.39, 0.29) is 0 Å². The van der Waals surface area contributed by atoms with E-state index in [4.69, 9.17) is 0 Å². The fourth-order valence-electron chi connectivity index (χ4n) is 2.40. The highest BCUT2D eigenvalue weighted by molar-refractivity contribution is 7.17. The lowest BCUT2D eigenvalue weighted by Crippen LogP contribution is -2.37. The zero-order valence-corrected chi connectivity index (χ0v) is 12.6. The molecule has 0 spiro atoms. The molecule has 0 radical (unpaired) electrons. The second kappa shape index (κ2) is 5.85. The van der Waals surface area contributed by atoms with Gasteiger partial charge >= 0.3 is 0 Å². The summed E-state index contributed by atoms with van der Waals surface area (Å²) in [6, 6.07) is 9.83. The predicted molar refractivity (Wildman–Crippen MR) is 82.4 cm³/mol. The Morgan fingerprint density at radius 1 is 1.11 bits per heavy atom.